The smallest absolute Gasteiger partial charge is 0.349 e. The Bertz CT molecular complexity index is 273. The predicted molar refractivity (Wildman–Crippen MR) is 44.3 cm³/mol. The first kappa shape index (κ1) is 12.3. The summed E-state index contributed by atoms with van der Waals surface area (Å²) < 4.78 is 0. The molecule has 0 fully saturated rings. The van der Waals surface area contributed by atoms with E-state index in [1.807, 2.05) is 19.1 Å². The Kier molecular flexibility index (Phi) is 6.04. The van der Waals surface area contributed by atoms with Crippen LogP contribution in [0.5, 0.6) is 0 Å². The molecule has 0 aliphatic heterocycles. The summed E-state index contributed by atoms with van der Waals surface area (Å²) in [6.07, 6.45) is 0. The molecule has 0 radical (unpaired) electrons. The summed E-state index contributed by atoms with van der Waals surface area (Å²) in [5, 5.41) is 2.71. The maximum absolute atomic E-state index is 10.6. The number of rotatable bonds is 1. The molecule has 0 saturated heterocycles. The SMILES string of the molecule is CC(=O)Nc1cc[c-]cc1C.[K+]. The van der Waals surface area contributed by atoms with Gasteiger partial charge in [0.2, 0.25) is 5.91 Å². The van der Waals surface area contributed by atoms with E-state index in [9.17, 15) is 4.79 Å². The number of amides is 1. The van der Waals surface area contributed by atoms with Crippen LogP contribution in [-0.2, 0) is 4.79 Å². The van der Waals surface area contributed by atoms with Crippen molar-refractivity contribution in [1.82, 2.24) is 0 Å². The van der Waals surface area contributed by atoms with Crippen molar-refractivity contribution in [3.8, 4) is 0 Å². The van der Waals surface area contributed by atoms with Gasteiger partial charge >= 0.3 is 51.4 Å². The van der Waals surface area contributed by atoms with Crippen LogP contribution in [0, 0.1) is 13.0 Å². The van der Waals surface area contributed by atoms with Gasteiger partial charge in [-0.15, -0.1) is 11.6 Å². The molecule has 0 saturated carbocycles. The predicted octanol–water partition coefficient (Wildman–Crippen LogP) is -1.24. The molecule has 1 aromatic carbocycles. The minimum atomic E-state index is -0.0423. The molecular weight excluding hydrogens is 177 g/mol. The van der Waals surface area contributed by atoms with Gasteiger partial charge in [-0.3, -0.25) is 4.79 Å². The molecule has 0 atom stereocenters. The van der Waals surface area contributed by atoms with Crippen LogP contribution in [0.1, 0.15) is 12.5 Å². The van der Waals surface area contributed by atoms with E-state index in [1.54, 1.807) is 6.07 Å². The van der Waals surface area contributed by atoms with Gasteiger partial charge in [-0.25, -0.2) is 0 Å². The van der Waals surface area contributed by atoms with Crippen molar-refractivity contribution in [1.29, 1.82) is 0 Å². The van der Waals surface area contributed by atoms with Gasteiger partial charge in [0.25, 0.3) is 0 Å². The third-order valence-corrected chi connectivity index (χ3v) is 1.38. The minimum Gasteiger partial charge on any atom is -0.349 e. The fourth-order valence-electron chi connectivity index (χ4n) is 0.844. The molecule has 12 heavy (non-hydrogen) atoms. The number of carbonyl (C=O) groups excluding carboxylic acids is 1. The van der Waals surface area contributed by atoms with E-state index in [2.05, 4.69) is 11.4 Å². The molecule has 0 heterocycles. The van der Waals surface area contributed by atoms with Crippen LogP contribution in [0.3, 0.4) is 0 Å². The second-order valence-corrected chi connectivity index (χ2v) is 2.42. The van der Waals surface area contributed by atoms with Crippen LogP contribution in [0.4, 0.5) is 5.69 Å². The molecule has 58 valence electrons. The topological polar surface area (TPSA) is 29.1 Å². The van der Waals surface area contributed by atoms with Crippen LogP contribution in [0.2, 0.25) is 0 Å². The van der Waals surface area contributed by atoms with Crippen LogP contribution < -0.4 is 56.7 Å². The quantitative estimate of drug-likeness (QED) is 0.432. The molecule has 1 N–H and O–H groups in total. The van der Waals surface area contributed by atoms with E-state index in [0.717, 1.165) is 11.3 Å². The molecule has 0 spiro atoms. The number of hydrogen-bond acceptors (Lipinski definition) is 1. The van der Waals surface area contributed by atoms with E-state index in [4.69, 9.17) is 0 Å². The van der Waals surface area contributed by atoms with Crippen molar-refractivity contribution in [2.24, 2.45) is 0 Å². The Morgan fingerprint density at radius 2 is 2.25 bits per heavy atom. The summed E-state index contributed by atoms with van der Waals surface area (Å²) in [6, 6.07) is 8.37. The van der Waals surface area contributed by atoms with Crippen LogP contribution >= 0.6 is 0 Å². The van der Waals surface area contributed by atoms with Crippen molar-refractivity contribution in [3.05, 3.63) is 29.8 Å². The van der Waals surface area contributed by atoms with Gasteiger partial charge in [0.15, 0.2) is 0 Å². The first-order chi connectivity index (χ1) is 5.20. The molecule has 3 heteroatoms. The van der Waals surface area contributed by atoms with Gasteiger partial charge in [0.1, 0.15) is 0 Å². The fourth-order valence-corrected chi connectivity index (χ4v) is 0.844. The number of anilines is 1. The van der Waals surface area contributed by atoms with E-state index in [0.29, 0.717) is 0 Å². The third-order valence-electron chi connectivity index (χ3n) is 1.38. The Morgan fingerprint density at radius 3 is 2.75 bits per heavy atom. The summed E-state index contributed by atoms with van der Waals surface area (Å²) in [5.41, 5.74) is 1.89. The average molecular weight is 187 g/mol. The summed E-state index contributed by atoms with van der Waals surface area (Å²) in [7, 11) is 0. The van der Waals surface area contributed by atoms with Crippen LogP contribution in [-0.4, -0.2) is 5.91 Å². The molecule has 0 aliphatic rings. The van der Waals surface area contributed by atoms with Gasteiger partial charge in [-0.2, -0.15) is 18.2 Å². The molecular formula is C9H10KNO. The Balaban J connectivity index is 0.00000121. The first-order valence-electron chi connectivity index (χ1n) is 3.44. The van der Waals surface area contributed by atoms with Gasteiger partial charge in [-0.1, -0.05) is 12.6 Å². The fraction of sp³-hybridized carbons (Fsp3) is 0.222. The number of benzene rings is 1. The number of hydrogen-bond donors (Lipinski definition) is 1. The standard InChI is InChI=1S/C9H10NO.K/c1-7-5-3-4-6-9(7)10-8(2)11;/h4-6H,1-2H3,(H,10,11);/q-1;+1. The monoisotopic (exact) mass is 187 g/mol. The summed E-state index contributed by atoms with van der Waals surface area (Å²) in [5.74, 6) is -0.0423. The number of nitrogens with one attached hydrogen (secondary N) is 1. The molecule has 2 nitrogen and oxygen atoms in total. The van der Waals surface area contributed by atoms with E-state index in [1.165, 1.54) is 6.92 Å². The molecule has 0 aliphatic carbocycles. The van der Waals surface area contributed by atoms with Crippen LogP contribution in [0.25, 0.3) is 0 Å². The second kappa shape index (κ2) is 5.88. The molecule has 1 amide bonds. The Hall–Kier alpha value is 0.326. The summed E-state index contributed by atoms with van der Waals surface area (Å²) in [6.45, 7) is 3.43. The van der Waals surface area contributed by atoms with Crippen molar-refractivity contribution < 1.29 is 56.2 Å². The van der Waals surface area contributed by atoms with Crippen molar-refractivity contribution in [3.63, 3.8) is 0 Å². The number of aryl methyl sites for hydroxylation is 1. The largest absolute Gasteiger partial charge is 1.00 e. The van der Waals surface area contributed by atoms with Gasteiger partial charge in [0.05, 0.1) is 0 Å². The first-order valence-corrected chi connectivity index (χ1v) is 3.44. The maximum Gasteiger partial charge on any atom is 1.00 e. The second-order valence-electron chi connectivity index (χ2n) is 2.42. The summed E-state index contributed by atoms with van der Waals surface area (Å²) >= 11 is 0. The molecule has 0 aromatic heterocycles. The summed E-state index contributed by atoms with van der Waals surface area (Å²) in [4.78, 5) is 10.6. The van der Waals surface area contributed by atoms with Crippen LogP contribution in [0.15, 0.2) is 18.2 Å². The molecule has 1 rings (SSSR count). The van der Waals surface area contributed by atoms with E-state index < -0.39 is 0 Å². The van der Waals surface area contributed by atoms with E-state index >= 15 is 0 Å². The average Bonchev–Trinajstić information content (AvgIpc) is 1.93. The number of carbonyl (C=O) groups is 1. The van der Waals surface area contributed by atoms with Crippen molar-refractivity contribution in [2.75, 3.05) is 5.32 Å². The zero-order chi connectivity index (χ0) is 8.27. The zero-order valence-electron chi connectivity index (χ0n) is 7.64. The van der Waals surface area contributed by atoms with Gasteiger partial charge < -0.3 is 5.32 Å². The minimum absolute atomic E-state index is 0. The maximum atomic E-state index is 10.6. The zero-order valence-corrected chi connectivity index (χ0v) is 10.8. The van der Waals surface area contributed by atoms with Crippen molar-refractivity contribution in [2.45, 2.75) is 13.8 Å². The normalized spacial score (nSPS) is 8.50. The molecule has 1 aromatic rings. The van der Waals surface area contributed by atoms with E-state index in [-0.39, 0.29) is 57.3 Å². The van der Waals surface area contributed by atoms with Gasteiger partial charge in [0, 0.05) is 6.92 Å². The van der Waals surface area contributed by atoms with Gasteiger partial charge in [-0.05, 0) is 0 Å². The molecule has 0 bridgehead atoms. The third kappa shape index (κ3) is 3.82. The Morgan fingerprint density at radius 1 is 1.58 bits per heavy atom. The Labute approximate surface area is 115 Å². The van der Waals surface area contributed by atoms with Crippen molar-refractivity contribution >= 4 is 11.6 Å². The molecule has 0 unspecified atom stereocenters.